The van der Waals surface area contributed by atoms with Gasteiger partial charge in [0.2, 0.25) is 0 Å². The van der Waals surface area contributed by atoms with Crippen molar-refractivity contribution in [2.75, 3.05) is 12.8 Å². The smallest absolute Gasteiger partial charge is 0.254 e. The quantitative estimate of drug-likeness (QED) is 0.851. The molecular formula is C13H15FN4O. The summed E-state index contributed by atoms with van der Waals surface area (Å²) in [7, 11) is 3.45. The maximum atomic E-state index is 13.2. The van der Waals surface area contributed by atoms with Crippen LogP contribution in [0, 0.1) is 5.82 Å². The Morgan fingerprint density at radius 3 is 2.79 bits per heavy atom. The summed E-state index contributed by atoms with van der Waals surface area (Å²) in [5, 5.41) is 4.03. The minimum Gasteiger partial charge on any atom is -0.399 e. The van der Waals surface area contributed by atoms with E-state index in [-0.39, 0.29) is 17.2 Å². The maximum absolute atomic E-state index is 13.2. The van der Waals surface area contributed by atoms with Crippen molar-refractivity contribution >= 4 is 11.6 Å². The van der Waals surface area contributed by atoms with Gasteiger partial charge in [-0.1, -0.05) is 0 Å². The van der Waals surface area contributed by atoms with E-state index in [4.69, 9.17) is 5.73 Å². The molecule has 6 heteroatoms. The number of rotatable bonds is 3. The van der Waals surface area contributed by atoms with Gasteiger partial charge in [0.05, 0.1) is 6.20 Å². The average Bonchev–Trinajstić information content (AvgIpc) is 2.72. The number of nitrogens with two attached hydrogens (primary N) is 1. The summed E-state index contributed by atoms with van der Waals surface area (Å²) in [6.45, 7) is 0.406. The Hall–Kier alpha value is -2.37. The molecule has 0 saturated heterocycles. The van der Waals surface area contributed by atoms with Gasteiger partial charge < -0.3 is 10.6 Å². The SMILES string of the molecule is CN(Cc1cnn(C)c1)C(=O)c1cc(N)cc(F)c1. The fourth-order valence-electron chi connectivity index (χ4n) is 1.86. The second-order valence-electron chi connectivity index (χ2n) is 4.46. The number of hydrogen-bond acceptors (Lipinski definition) is 3. The van der Waals surface area contributed by atoms with Crippen LogP contribution in [0.15, 0.2) is 30.6 Å². The lowest BCUT2D eigenvalue weighted by molar-refractivity contribution is 0.0784. The van der Waals surface area contributed by atoms with E-state index >= 15 is 0 Å². The summed E-state index contributed by atoms with van der Waals surface area (Å²) in [6.07, 6.45) is 3.51. The molecular weight excluding hydrogens is 247 g/mol. The fourth-order valence-corrected chi connectivity index (χ4v) is 1.86. The summed E-state index contributed by atoms with van der Waals surface area (Å²) in [5.74, 6) is -0.798. The number of nitrogen functional groups attached to an aromatic ring is 1. The molecule has 2 rings (SSSR count). The minimum atomic E-state index is -0.516. The number of benzene rings is 1. The Morgan fingerprint density at radius 1 is 1.47 bits per heavy atom. The molecule has 0 radical (unpaired) electrons. The first-order valence-corrected chi connectivity index (χ1v) is 5.75. The number of aromatic nitrogens is 2. The molecule has 0 aliphatic carbocycles. The molecule has 0 aliphatic rings. The summed E-state index contributed by atoms with van der Waals surface area (Å²) < 4.78 is 14.9. The lowest BCUT2D eigenvalue weighted by Crippen LogP contribution is -2.26. The standard InChI is InChI=1S/C13H15FN4O/c1-17(7-9-6-16-18(2)8-9)13(19)10-3-11(14)5-12(15)4-10/h3-6,8H,7,15H2,1-2H3. The number of carbonyl (C=O) groups excluding carboxylic acids is 1. The van der Waals surface area contributed by atoms with Gasteiger partial charge in [0, 0.05) is 43.7 Å². The number of carbonyl (C=O) groups is 1. The lowest BCUT2D eigenvalue weighted by atomic mass is 10.1. The second kappa shape index (κ2) is 5.09. The maximum Gasteiger partial charge on any atom is 0.254 e. The van der Waals surface area contributed by atoms with E-state index in [2.05, 4.69) is 5.10 Å². The van der Waals surface area contributed by atoms with E-state index in [1.54, 1.807) is 25.0 Å². The fraction of sp³-hybridized carbons (Fsp3) is 0.231. The van der Waals surface area contributed by atoms with Crippen LogP contribution in [0.3, 0.4) is 0 Å². The van der Waals surface area contributed by atoms with Crippen LogP contribution in [0.4, 0.5) is 10.1 Å². The van der Waals surface area contributed by atoms with Crippen LogP contribution in [0.25, 0.3) is 0 Å². The molecule has 5 nitrogen and oxygen atoms in total. The van der Waals surface area contributed by atoms with Gasteiger partial charge in [-0.2, -0.15) is 5.10 Å². The van der Waals surface area contributed by atoms with Gasteiger partial charge >= 0.3 is 0 Å². The molecule has 2 aromatic rings. The summed E-state index contributed by atoms with van der Waals surface area (Å²) in [4.78, 5) is 13.6. The van der Waals surface area contributed by atoms with Crippen molar-refractivity contribution in [2.45, 2.75) is 6.54 Å². The zero-order valence-electron chi connectivity index (χ0n) is 10.8. The first kappa shape index (κ1) is 13.1. The first-order valence-electron chi connectivity index (χ1n) is 5.75. The molecule has 1 aromatic carbocycles. The highest BCUT2D eigenvalue weighted by molar-refractivity contribution is 5.94. The number of hydrogen-bond donors (Lipinski definition) is 1. The molecule has 0 atom stereocenters. The predicted molar refractivity (Wildman–Crippen MR) is 69.8 cm³/mol. The van der Waals surface area contributed by atoms with Crippen molar-refractivity contribution in [3.63, 3.8) is 0 Å². The van der Waals surface area contributed by atoms with Crippen molar-refractivity contribution in [3.8, 4) is 0 Å². The molecule has 0 saturated carbocycles. The zero-order valence-corrected chi connectivity index (χ0v) is 10.8. The van der Waals surface area contributed by atoms with Crippen LogP contribution < -0.4 is 5.73 Å². The van der Waals surface area contributed by atoms with Crippen molar-refractivity contribution in [1.82, 2.24) is 14.7 Å². The van der Waals surface area contributed by atoms with E-state index < -0.39 is 5.82 Å². The van der Waals surface area contributed by atoms with Crippen LogP contribution in [0.2, 0.25) is 0 Å². The molecule has 100 valence electrons. The highest BCUT2D eigenvalue weighted by Gasteiger charge is 2.14. The molecule has 0 bridgehead atoms. The monoisotopic (exact) mass is 262 g/mol. The predicted octanol–water partition coefficient (Wildman–Crippen LogP) is 1.41. The highest BCUT2D eigenvalue weighted by atomic mass is 19.1. The summed E-state index contributed by atoms with van der Waals surface area (Å²) in [5.41, 5.74) is 6.91. The van der Waals surface area contributed by atoms with Crippen LogP contribution in [0.1, 0.15) is 15.9 Å². The number of amides is 1. The molecule has 1 heterocycles. The number of anilines is 1. The van der Waals surface area contributed by atoms with E-state index in [1.807, 2.05) is 6.20 Å². The molecule has 0 aliphatic heterocycles. The van der Waals surface area contributed by atoms with Crippen LogP contribution in [-0.2, 0) is 13.6 Å². The molecule has 2 N–H and O–H groups in total. The van der Waals surface area contributed by atoms with E-state index in [0.717, 1.165) is 5.56 Å². The van der Waals surface area contributed by atoms with Crippen molar-refractivity contribution in [3.05, 3.63) is 47.5 Å². The van der Waals surface area contributed by atoms with Gasteiger partial charge in [-0.05, 0) is 18.2 Å². The van der Waals surface area contributed by atoms with E-state index in [0.29, 0.717) is 6.54 Å². The van der Waals surface area contributed by atoms with E-state index in [9.17, 15) is 9.18 Å². The number of nitrogens with zero attached hydrogens (tertiary/aromatic N) is 3. The van der Waals surface area contributed by atoms with Crippen molar-refractivity contribution in [1.29, 1.82) is 0 Å². The van der Waals surface area contributed by atoms with Gasteiger partial charge in [-0.25, -0.2) is 4.39 Å². The number of halogens is 1. The van der Waals surface area contributed by atoms with Gasteiger partial charge in [-0.3, -0.25) is 9.48 Å². The average molecular weight is 262 g/mol. The van der Waals surface area contributed by atoms with Crippen LogP contribution in [-0.4, -0.2) is 27.6 Å². The third-order valence-corrected chi connectivity index (χ3v) is 2.69. The molecule has 1 aromatic heterocycles. The molecule has 1 amide bonds. The molecule has 0 unspecified atom stereocenters. The Balaban J connectivity index is 2.14. The Labute approximate surface area is 110 Å². The Bertz CT molecular complexity index is 588. The lowest BCUT2D eigenvalue weighted by Gasteiger charge is -2.16. The second-order valence-corrected chi connectivity index (χ2v) is 4.46. The van der Waals surface area contributed by atoms with Gasteiger partial charge in [0.1, 0.15) is 5.82 Å². The minimum absolute atomic E-state index is 0.234. The Morgan fingerprint density at radius 2 is 2.21 bits per heavy atom. The topological polar surface area (TPSA) is 64.2 Å². The van der Waals surface area contributed by atoms with Gasteiger partial charge in [0.25, 0.3) is 5.91 Å². The summed E-state index contributed by atoms with van der Waals surface area (Å²) in [6, 6.07) is 3.82. The normalized spacial score (nSPS) is 10.5. The third kappa shape index (κ3) is 3.09. The number of aryl methyl sites for hydroxylation is 1. The largest absolute Gasteiger partial charge is 0.399 e. The summed E-state index contributed by atoms with van der Waals surface area (Å²) >= 11 is 0. The van der Waals surface area contributed by atoms with Gasteiger partial charge in [-0.15, -0.1) is 0 Å². The zero-order chi connectivity index (χ0) is 14.0. The molecule has 0 fully saturated rings. The van der Waals surface area contributed by atoms with Crippen molar-refractivity contribution < 1.29 is 9.18 Å². The molecule has 0 spiro atoms. The van der Waals surface area contributed by atoms with Crippen molar-refractivity contribution in [2.24, 2.45) is 7.05 Å². The first-order chi connectivity index (χ1) is 8.95. The third-order valence-electron chi connectivity index (χ3n) is 2.69. The van der Waals surface area contributed by atoms with Gasteiger partial charge in [0.15, 0.2) is 0 Å². The van der Waals surface area contributed by atoms with E-state index in [1.165, 1.54) is 23.1 Å². The Kier molecular flexibility index (Phi) is 3.50. The molecule has 19 heavy (non-hydrogen) atoms. The highest BCUT2D eigenvalue weighted by Crippen LogP contribution is 2.13. The van der Waals surface area contributed by atoms with Crippen LogP contribution >= 0.6 is 0 Å². The van der Waals surface area contributed by atoms with Crippen LogP contribution in [0.5, 0.6) is 0 Å².